The van der Waals surface area contributed by atoms with Crippen LogP contribution in [0.15, 0.2) is 36.5 Å². The molecule has 1 aromatic carbocycles. The van der Waals surface area contributed by atoms with Gasteiger partial charge in [0.1, 0.15) is 11.4 Å². The fraction of sp³-hybridized carbons (Fsp3) is 0.381. The Morgan fingerprint density at radius 1 is 1.12 bits per heavy atom. The first kappa shape index (κ1) is 19.6. The van der Waals surface area contributed by atoms with Crippen LogP contribution in [0.2, 0.25) is 0 Å². The highest BCUT2D eigenvalue weighted by Gasteiger charge is 2.14. The Balaban J connectivity index is 2.18. The lowest BCUT2D eigenvalue weighted by Crippen LogP contribution is -2.10. The number of ether oxygens (including phenoxy) is 1. The quantitative estimate of drug-likeness (QED) is 0.712. The van der Waals surface area contributed by atoms with Crippen LogP contribution in [0.1, 0.15) is 65.6 Å². The second kappa shape index (κ2) is 8.61. The number of ketones is 1. The van der Waals surface area contributed by atoms with E-state index in [4.69, 9.17) is 9.84 Å². The second-order valence-corrected chi connectivity index (χ2v) is 7.07. The molecule has 5 nitrogen and oxygen atoms in total. The number of aromatic nitrogens is 1. The molecule has 138 valence electrons. The van der Waals surface area contributed by atoms with Crippen molar-refractivity contribution in [2.45, 2.75) is 40.0 Å². The van der Waals surface area contributed by atoms with E-state index in [1.807, 2.05) is 18.2 Å². The molecule has 0 saturated carbocycles. The summed E-state index contributed by atoms with van der Waals surface area (Å²) in [6.07, 6.45) is 1.39. The number of carboxylic acid groups (broad SMARTS) is 1. The first-order valence-electron chi connectivity index (χ1n) is 8.76. The summed E-state index contributed by atoms with van der Waals surface area (Å²) in [4.78, 5) is 27.3. The number of benzene rings is 1. The van der Waals surface area contributed by atoms with Crippen LogP contribution in [0.25, 0.3) is 0 Å². The number of rotatable bonds is 8. The summed E-state index contributed by atoms with van der Waals surface area (Å²) in [6.45, 7) is 9.02. The maximum absolute atomic E-state index is 12.4. The fourth-order valence-corrected chi connectivity index (χ4v) is 2.51. The average molecular weight is 355 g/mol. The molecular weight excluding hydrogens is 330 g/mol. The van der Waals surface area contributed by atoms with Crippen molar-refractivity contribution in [3.05, 3.63) is 58.9 Å². The normalized spacial score (nSPS) is 11.0. The third kappa shape index (κ3) is 5.15. The van der Waals surface area contributed by atoms with E-state index in [2.05, 4.69) is 32.7 Å². The molecule has 0 radical (unpaired) electrons. The molecule has 0 bridgehead atoms. The third-order valence-corrected chi connectivity index (χ3v) is 3.93. The van der Waals surface area contributed by atoms with Gasteiger partial charge in [-0.25, -0.2) is 4.79 Å². The van der Waals surface area contributed by atoms with E-state index in [0.29, 0.717) is 18.4 Å². The van der Waals surface area contributed by atoms with Gasteiger partial charge in [0.05, 0.1) is 12.2 Å². The van der Waals surface area contributed by atoms with Gasteiger partial charge < -0.3 is 9.84 Å². The van der Waals surface area contributed by atoms with E-state index in [-0.39, 0.29) is 23.5 Å². The fourth-order valence-electron chi connectivity index (χ4n) is 2.51. The Kier molecular flexibility index (Phi) is 6.50. The summed E-state index contributed by atoms with van der Waals surface area (Å²) in [5.74, 6) is 0.333. The molecule has 0 fully saturated rings. The molecule has 0 spiro atoms. The van der Waals surface area contributed by atoms with Gasteiger partial charge in [0.2, 0.25) is 0 Å². The Morgan fingerprint density at radius 3 is 2.38 bits per heavy atom. The van der Waals surface area contributed by atoms with Gasteiger partial charge in [-0.1, -0.05) is 39.8 Å². The monoisotopic (exact) mass is 355 g/mol. The molecule has 0 atom stereocenters. The minimum Gasteiger partial charge on any atom is -0.493 e. The third-order valence-electron chi connectivity index (χ3n) is 3.93. The van der Waals surface area contributed by atoms with Gasteiger partial charge in [0.25, 0.3) is 0 Å². The van der Waals surface area contributed by atoms with E-state index in [9.17, 15) is 9.59 Å². The van der Waals surface area contributed by atoms with Crippen molar-refractivity contribution in [2.24, 2.45) is 5.92 Å². The van der Waals surface area contributed by atoms with Crippen molar-refractivity contribution in [3.63, 3.8) is 0 Å². The van der Waals surface area contributed by atoms with Gasteiger partial charge in [-0.15, -0.1) is 0 Å². The standard InChI is InChI=1S/C21H25NO4/c1-13(2)12-26-20-10-15(5-7-17(20)14(3)4)9-19(23)18-8-6-16(11-22-18)21(24)25/h5-8,10-11,13-14H,9,12H2,1-4H3,(H,24,25). The Labute approximate surface area is 154 Å². The summed E-state index contributed by atoms with van der Waals surface area (Å²) >= 11 is 0. The molecule has 0 aliphatic rings. The highest BCUT2D eigenvalue weighted by Crippen LogP contribution is 2.28. The second-order valence-electron chi connectivity index (χ2n) is 7.07. The van der Waals surface area contributed by atoms with Gasteiger partial charge in [0.15, 0.2) is 5.78 Å². The topological polar surface area (TPSA) is 76.5 Å². The van der Waals surface area contributed by atoms with E-state index in [1.54, 1.807) is 0 Å². The lowest BCUT2D eigenvalue weighted by molar-refractivity contribution is 0.0695. The predicted molar refractivity (Wildman–Crippen MR) is 100 cm³/mol. The SMILES string of the molecule is CC(C)COc1cc(CC(=O)c2ccc(C(=O)O)cn2)ccc1C(C)C. The van der Waals surface area contributed by atoms with Crippen LogP contribution in [0.5, 0.6) is 5.75 Å². The van der Waals surface area contributed by atoms with Crippen LogP contribution in [0, 0.1) is 5.92 Å². The van der Waals surface area contributed by atoms with E-state index >= 15 is 0 Å². The molecule has 1 N–H and O–H groups in total. The molecule has 0 aliphatic heterocycles. The molecule has 0 saturated heterocycles. The zero-order valence-corrected chi connectivity index (χ0v) is 15.7. The number of Topliss-reactive ketones (excluding diaryl/α,β-unsaturated/α-hetero) is 1. The molecule has 0 aliphatic carbocycles. The average Bonchev–Trinajstić information content (AvgIpc) is 2.59. The summed E-state index contributed by atoms with van der Waals surface area (Å²) < 4.78 is 5.94. The number of aromatic carboxylic acids is 1. The number of pyridine rings is 1. The van der Waals surface area contributed by atoms with Crippen LogP contribution < -0.4 is 4.74 Å². The van der Waals surface area contributed by atoms with Crippen molar-refractivity contribution in [1.29, 1.82) is 0 Å². The Hall–Kier alpha value is -2.69. The van der Waals surface area contributed by atoms with Crippen molar-refractivity contribution in [3.8, 4) is 5.75 Å². The number of carbonyl (C=O) groups excluding carboxylic acids is 1. The van der Waals surface area contributed by atoms with Gasteiger partial charge >= 0.3 is 5.97 Å². The lowest BCUT2D eigenvalue weighted by atomic mass is 9.98. The first-order valence-corrected chi connectivity index (χ1v) is 8.76. The van der Waals surface area contributed by atoms with Crippen LogP contribution in [0.3, 0.4) is 0 Å². The number of nitrogens with zero attached hydrogens (tertiary/aromatic N) is 1. The van der Waals surface area contributed by atoms with Crippen LogP contribution in [-0.4, -0.2) is 28.4 Å². The Morgan fingerprint density at radius 2 is 1.85 bits per heavy atom. The van der Waals surface area contributed by atoms with Gasteiger partial charge in [-0.2, -0.15) is 0 Å². The lowest BCUT2D eigenvalue weighted by Gasteiger charge is -2.16. The minimum atomic E-state index is -1.06. The number of hydrogen-bond acceptors (Lipinski definition) is 4. The largest absolute Gasteiger partial charge is 0.493 e. The van der Waals surface area contributed by atoms with Crippen molar-refractivity contribution in [1.82, 2.24) is 4.98 Å². The van der Waals surface area contributed by atoms with Gasteiger partial charge in [-0.3, -0.25) is 9.78 Å². The van der Waals surface area contributed by atoms with Crippen molar-refractivity contribution >= 4 is 11.8 Å². The van der Waals surface area contributed by atoms with E-state index in [1.165, 1.54) is 18.3 Å². The molecule has 2 aromatic rings. The Bertz CT molecular complexity index is 779. The van der Waals surface area contributed by atoms with Crippen LogP contribution >= 0.6 is 0 Å². The predicted octanol–water partition coefficient (Wildman–Crippen LogP) is 4.36. The molecule has 2 rings (SSSR count). The van der Waals surface area contributed by atoms with Crippen molar-refractivity contribution < 1.29 is 19.4 Å². The molecule has 0 unspecified atom stereocenters. The van der Waals surface area contributed by atoms with Crippen molar-refractivity contribution in [2.75, 3.05) is 6.61 Å². The highest BCUT2D eigenvalue weighted by atomic mass is 16.5. The zero-order chi connectivity index (χ0) is 19.3. The van der Waals surface area contributed by atoms with E-state index in [0.717, 1.165) is 16.9 Å². The maximum atomic E-state index is 12.4. The van der Waals surface area contributed by atoms with E-state index < -0.39 is 5.97 Å². The van der Waals surface area contributed by atoms with Gasteiger partial charge in [-0.05, 0) is 41.2 Å². The van der Waals surface area contributed by atoms with Crippen LogP contribution in [0.4, 0.5) is 0 Å². The number of carbonyl (C=O) groups is 2. The molecule has 26 heavy (non-hydrogen) atoms. The maximum Gasteiger partial charge on any atom is 0.337 e. The molecular formula is C21H25NO4. The molecule has 5 heteroatoms. The zero-order valence-electron chi connectivity index (χ0n) is 15.7. The highest BCUT2D eigenvalue weighted by molar-refractivity contribution is 5.96. The molecule has 1 heterocycles. The smallest absolute Gasteiger partial charge is 0.337 e. The molecule has 1 aromatic heterocycles. The molecule has 0 amide bonds. The van der Waals surface area contributed by atoms with Crippen LogP contribution in [-0.2, 0) is 6.42 Å². The summed E-state index contributed by atoms with van der Waals surface area (Å²) in [7, 11) is 0. The minimum absolute atomic E-state index is 0.0622. The first-order chi connectivity index (χ1) is 12.3. The number of hydrogen-bond donors (Lipinski definition) is 1. The summed E-state index contributed by atoms with van der Waals surface area (Å²) in [5, 5.41) is 8.90. The summed E-state index contributed by atoms with van der Waals surface area (Å²) in [5.41, 5.74) is 2.29. The summed E-state index contributed by atoms with van der Waals surface area (Å²) in [6, 6.07) is 8.69. The number of carboxylic acids is 1. The van der Waals surface area contributed by atoms with Gasteiger partial charge in [0, 0.05) is 12.6 Å².